The van der Waals surface area contributed by atoms with Gasteiger partial charge in [0.25, 0.3) is 0 Å². The second-order valence-corrected chi connectivity index (χ2v) is 6.65. The quantitative estimate of drug-likeness (QED) is 0.788. The third-order valence-electron chi connectivity index (χ3n) is 4.99. The normalized spacial score (nSPS) is 24.4. The summed E-state index contributed by atoms with van der Waals surface area (Å²) in [6.45, 7) is 0.658. The molecule has 25 heavy (non-hydrogen) atoms. The van der Waals surface area contributed by atoms with Crippen LogP contribution in [0.15, 0.2) is 48.5 Å². The van der Waals surface area contributed by atoms with Crippen molar-refractivity contribution in [3.8, 4) is 5.75 Å². The summed E-state index contributed by atoms with van der Waals surface area (Å²) in [4.78, 5) is 12.6. The zero-order valence-corrected chi connectivity index (χ0v) is 13.9. The highest BCUT2D eigenvalue weighted by molar-refractivity contribution is 5.75. The summed E-state index contributed by atoms with van der Waals surface area (Å²) in [6.07, 6.45) is 1.69. The van der Waals surface area contributed by atoms with Gasteiger partial charge in [0.05, 0.1) is 24.8 Å². The second-order valence-electron chi connectivity index (χ2n) is 6.65. The molecule has 2 aromatic carbocycles. The molecule has 0 bridgehead atoms. The van der Waals surface area contributed by atoms with Crippen LogP contribution >= 0.6 is 0 Å². The van der Waals surface area contributed by atoms with Crippen molar-refractivity contribution in [3.63, 3.8) is 0 Å². The van der Waals surface area contributed by atoms with Crippen LogP contribution in [-0.4, -0.2) is 23.8 Å². The molecule has 2 amide bonds. The molecular formula is C20H22N2O3. The van der Waals surface area contributed by atoms with E-state index in [9.17, 15) is 9.90 Å². The van der Waals surface area contributed by atoms with Crippen molar-refractivity contribution in [1.29, 1.82) is 0 Å². The van der Waals surface area contributed by atoms with Gasteiger partial charge < -0.3 is 20.5 Å². The number of rotatable bonds is 2. The van der Waals surface area contributed by atoms with Crippen LogP contribution < -0.4 is 15.4 Å². The number of fused-ring (bicyclic) bond motifs is 2. The molecule has 0 unspecified atom stereocenters. The van der Waals surface area contributed by atoms with E-state index in [-0.39, 0.29) is 18.1 Å². The van der Waals surface area contributed by atoms with E-state index in [2.05, 4.69) is 10.6 Å². The van der Waals surface area contributed by atoms with Crippen molar-refractivity contribution in [3.05, 3.63) is 65.2 Å². The molecule has 0 saturated heterocycles. The standard InChI is InChI=1S/C20H22N2O3/c23-17-12-13-6-1-2-7-14(13)19(17)22-20(24)21-16-9-5-11-25-18-10-4-3-8-15(16)18/h1-4,6-8,10,16-17,19,23H,5,9,11-12H2,(H2,21,22,24)/t16-,17-,19+/m1/s1. The van der Waals surface area contributed by atoms with E-state index in [1.54, 1.807) is 0 Å². The number of benzene rings is 2. The van der Waals surface area contributed by atoms with Crippen LogP contribution in [0.3, 0.4) is 0 Å². The van der Waals surface area contributed by atoms with Crippen LogP contribution in [-0.2, 0) is 6.42 Å². The maximum atomic E-state index is 12.6. The van der Waals surface area contributed by atoms with Crippen molar-refractivity contribution in [1.82, 2.24) is 10.6 Å². The number of carbonyl (C=O) groups is 1. The first-order chi connectivity index (χ1) is 12.2. The van der Waals surface area contributed by atoms with Crippen LogP contribution in [0, 0.1) is 0 Å². The topological polar surface area (TPSA) is 70.6 Å². The maximum Gasteiger partial charge on any atom is 0.315 e. The third kappa shape index (κ3) is 3.20. The Morgan fingerprint density at radius 2 is 1.80 bits per heavy atom. The number of urea groups is 1. The highest BCUT2D eigenvalue weighted by atomic mass is 16.5. The van der Waals surface area contributed by atoms with Crippen LogP contribution in [0.1, 0.15) is 41.6 Å². The molecule has 0 fully saturated rings. The predicted molar refractivity (Wildman–Crippen MR) is 94.5 cm³/mol. The van der Waals surface area contributed by atoms with Crippen molar-refractivity contribution in [2.45, 2.75) is 37.5 Å². The summed E-state index contributed by atoms with van der Waals surface area (Å²) >= 11 is 0. The van der Waals surface area contributed by atoms with Gasteiger partial charge in [-0.2, -0.15) is 0 Å². The molecule has 3 N–H and O–H groups in total. The van der Waals surface area contributed by atoms with Gasteiger partial charge >= 0.3 is 6.03 Å². The molecule has 2 aliphatic rings. The average Bonchev–Trinajstić information content (AvgIpc) is 2.80. The van der Waals surface area contributed by atoms with Gasteiger partial charge in [0.15, 0.2) is 0 Å². The van der Waals surface area contributed by atoms with Gasteiger partial charge in [-0.3, -0.25) is 0 Å². The molecule has 1 aliphatic heterocycles. The van der Waals surface area contributed by atoms with Gasteiger partial charge in [0.1, 0.15) is 5.75 Å². The lowest BCUT2D eigenvalue weighted by Crippen LogP contribution is -2.42. The van der Waals surface area contributed by atoms with E-state index < -0.39 is 6.10 Å². The van der Waals surface area contributed by atoms with Gasteiger partial charge in [0, 0.05) is 12.0 Å². The van der Waals surface area contributed by atoms with E-state index in [0.717, 1.165) is 35.3 Å². The van der Waals surface area contributed by atoms with Crippen LogP contribution in [0.2, 0.25) is 0 Å². The Balaban J connectivity index is 1.48. The second kappa shape index (κ2) is 6.76. The zero-order valence-electron chi connectivity index (χ0n) is 13.9. The fourth-order valence-corrected chi connectivity index (χ4v) is 3.76. The maximum absolute atomic E-state index is 12.6. The molecule has 4 rings (SSSR count). The molecule has 0 aromatic heterocycles. The molecule has 5 nitrogen and oxygen atoms in total. The largest absolute Gasteiger partial charge is 0.493 e. The molecule has 0 spiro atoms. The van der Waals surface area contributed by atoms with Crippen molar-refractivity contribution >= 4 is 6.03 Å². The highest BCUT2D eigenvalue weighted by Gasteiger charge is 2.32. The number of ether oxygens (including phenoxy) is 1. The number of nitrogens with one attached hydrogen (secondary N) is 2. The Kier molecular flexibility index (Phi) is 4.32. The lowest BCUT2D eigenvalue weighted by atomic mass is 10.0. The van der Waals surface area contributed by atoms with Gasteiger partial charge in [-0.15, -0.1) is 0 Å². The van der Waals surface area contributed by atoms with E-state index in [1.807, 2.05) is 48.5 Å². The summed E-state index contributed by atoms with van der Waals surface area (Å²) in [7, 11) is 0. The zero-order chi connectivity index (χ0) is 17.2. The number of aliphatic hydroxyl groups excluding tert-OH is 1. The van der Waals surface area contributed by atoms with E-state index in [0.29, 0.717) is 13.0 Å². The lowest BCUT2D eigenvalue weighted by molar-refractivity contribution is 0.141. The number of hydrogen-bond donors (Lipinski definition) is 3. The predicted octanol–water partition coefficient (Wildman–Crippen LogP) is 2.86. The fraction of sp³-hybridized carbons (Fsp3) is 0.350. The minimum atomic E-state index is -0.590. The van der Waals surface area contributed by atoms with Crippen molar-refractivity contribution in [2.75, 3.05) is 6.61 Å². The van der Waals surface area contributed by atoms with Crippen molar-refractivity contribution in [2.24, 2.45) is 0 Å². The summed E-state index contributed by atoms with van der Waals surface area (Å²) in [6, 6.07) is 14.9. The number of carbonyl (C=O) groups excluding carboxylic acids is 1. The van der Waals surface area contributed by atoms with Gasteiger partial charge in [-0.25, -0.2) is 4.79 Å². The molecule has 130 valence electrons. The van der Waals surface area contributed by atoms with Crippen LogP contribution in [0.5, 0.6) is 5.75 Å². The van der Waals surface area contributed by atoms with Gasteiger partial charge in [-0.05, 0) is 30.0 Å². The minimum Gasteiger partial charge on any atom is -0.493 e. The number of amides is 2. The molecule has 1 aliphatic carbocycles. The Morgan fingerprint density at radius 3 is 2.68 bits per heavy atom. The third-order valence-corrected chi connectivity index (χ3v) is 4.99. The molecule has 1 heterocycles. The summed E-state index contributed by atoms with van der Waals surface area (Å²) in [5, 5.41) is 16.3. The molecule has 0 saturated carbocycles. The van der Waals surface area contributed by atoms with Crippen LogP contribution in [0.25, 0.3) is 0 Å². The first-order valence-electron chi connectivity index (χ1n) is 8.77. The highest BCUT2D eigenvalue weighted by Crippen LogP contribution is 2.33. The Labute approximate surface area is 147 Å². The molecular weight excluding hydrogens is 316 g/mol. The number of para-hydroxylation sites is 1. The Hall–Kier alpha value is -2.53. The SMILES string of the molecule is O=C(N[C@@H]1CCCOc2ccccc21)N[C@H]1c2ccccc2C[C@H]1O. The summed E-state index contributed by atoms with van der Waals surface area (Å²) in [5.74, 6) is 0.830. The Morgan fingerprint density at radius 1 is 1.04 bits per heavy atom. The monoisotopic (exact) mass is 338 g/mol. The molecule has 5 heteroatoms. The molecule has 0 radical (unpaired) electrons. The van der Waals surface area contributed by atoms with Gasteiger partial charge in [0.2, 0.25) is 0 Å². The van der Waals surface area contributed by atoms with Crippen LogP contribution in [0.4, 0.5) is 4.79 Å². The Bertz CT molecular complexity index is 777. The minimum absolute atomic E-state index is 0.0903. The number of hydrogen-bond acceptors (Lipinski definition) is 3. The first kappa shape index (κ1) is 16.0. The van der Waals surface area contributed by atoms with E-state index >= 15 is 0 Å². The molecule has 3 atom stereocenters. The first-order valence-corrected chi connectivity index (χ1v) is 8.77. The molecule has 2 aromatic rings. The summed E-state index contributed by atoms with van der Waals surface area (Å²) < 4.78 is 5.75. The fourth-order valence-electron chi connectivity index (χ4n) is 3.76. The summed E-state index contributed by atoms with van der Waals surface area (Å²) in [5.41, 5.74) is 3.09. The van der Waals surface area contributed by atoms with E-state index in [4.69, 9.17) is 4.74 Å². The van der Waals surface area contributed by atoms with Crippen molar-refractivity contribution < 1.29 is 14.6 Å². The van der Waals surface area contributed by atoms with E-state index in [1.165, 1.54) is 0 Å². The average molecular weight is 338 g/mol. The lowest BCUT2D eigenvalue weighted by Gasteiger charge is -2.22. The smallest absolute Gasteiger partial charge is 0.315 e. The number of aliphatic hydroxyl groups is 1. The van der Waals surface area contributed by atoms with Gasteiger partial charge in [-0.1, -0.05) is 42.5 Å².